The summed E-state index contributed by atoms with van der Waals surface area (Å²) in [6.45, 7) is 7.03. The minimum Gasteiger partial charge on any atom is -0.506 e. The van der Waals surface area contributed by atoms with Crippen molar-refractivity contribution in [1.29, 1.82) is 0 Å². The lowest BCUT2D eigenvalue weighted by atomic mass is 9.87. The predicted octanol–water partition coefficient (Wildman–Crippen LogP) is 2.61. The van der Waals surface area contributed by atoms with Gasteiger partial charge >= 0.3 is 0 Å². The van der Waals surface area contributed by atoms with E-state index < -0.39 is 15.3 Å². The summed E-state index contributed by atoms with van der Waals surface area (Å²) < 4.78 is 32.5. The van der Waals surface area contributed by atoms with Gasteiger partial charge in [-0.15, -0.1) is 0 Å². The Morgan fingerprint density at radius 2 is 1.86 bits per heavy atom. The van der Waals surface area contributed by atoms with E-state index >= 15 is 0 Å². The Hall–Kier alpha value is -1.27. The molecule has 1 heterocycles. The first-order chi connectivity index (χ1) is 9.70. The fourth-order valence-electron chi connectivity index (χ4n) is 2.31. The van der Waals surface area contributed by atoms with Gasteiger partial charge in [0.2, 0.25) is 10.0 Å². The highest BCUT2D eigenvalue weighted by atomic mass is 32.2. The Balaban J connectivity index is 2.26. The Labute approximate surface area is 126 Å². The van der Waals surface area contributed by atoms with Crippen molar-refractivity contribution >= 4 is 15.7 Å². The summed E-state index contributed by atoms with van der Waals surface area (Å²) in [5.41, 5.74) is 1.09. The average Bonchev–Trinajstić information content (AvgIpc) is 2.41. The van der Waals surface area contributed by atoms with Crippen LogP contribution >= 0.6 is 0 Å². The van der Waals surface area contributed by atoms with Crippen LogP contribution in [0.25, 0.3) is 0 Å². The summed E-state index contributed by atoms with van der Waals surface area (Å²) in [5, 5.41) is 9.44. The molecule has 2 N–H and O–H groups in total. The van der Waals surface area contributed by atoms with Crippen LogP contribution in [0.3, 0.4) is 0 Å². The molecule has 5 nitrogen and oxygen atoms in total. The molecule has 0 aliphatic carbocycles. The number of benzene rings is 1. The van der Waals surface area contributed by atoms with Gasteiger partial charge in [-0.3, -0.25) is 4.72 Å². The summed E-state index contributed by atoms with van der Waals surface area (Å²) >= 11 is 0. The molecular weight excluding hydrogens is 290 g/mol. The topological polar surface area (TPSA) is 75.6 Å². The van der Waals surface area contributed by atoms with E-state index in [-0.39, 0.29) is 16.9 Å². The van der Waals surface area contributed by atoms with Gasteiger partial charge in [-0.2, -0.15) is 0 Å². The van der Waals surface area contributed by atoms with Gasteiger partial charge in [0.1, 0.15) is 5.75 Å². The lowest BCUT2D eigenvalue weighted by Gasteiger charge is -2.24. The van der Waals surface area contributed by atoms with Crippen molar-refractivity contribution < 1.29 is 18.3 Å². The van der Waals surface area contributed by atoms with Gasteiger partial charge in [0.05, 0.1) is 10.9 Å². The predicted molar refractivity (Wildman–Crippen MR) is 83.2 cm³/mol. The fourth-order valence-corrected chi connectivity index (χ4v) is 3.76. The van der Waals surface area contributed by atoms with Crippen molar-refractivity contribution in [3.05, 3.63) is 23.8 Å². The molecule has 1 aromatic carbocycles. The van der Waals surface area contributed by atoms with Gasteiger partial charge in [-0.05, 0) is 36.0 Å². The van der Waals surface area contributed by atoms with Crippen molar-refractivity contribution in [1.82, 2.24) is 0 Å². The molecule has 0 aromatic heterocycles. The molecule has 1 aliphatic heterocycles. The fraction of sp³-hybridized carbons (Fsp3) is 0.600. The number of hydrogen-bond acceptors (Lipinski definition) is 4. The lowest BCUT2D eigenvalue weighted by molar-refractivity contribution is 0.0984. The highest BCUT2D eigenvalue weighted by Crippen LogP contribution is 2.32. The van der Waals surface area contributed by atoms with Crippen LogP contribution < -0.4 is 4.72 Å². The van der Waals surface area contributed by atoms with E-state index in [1.54, 1.807) is 6.07 Å². The Morgan fingerprint density at radius 1 is 1.24 bits per heavy atom. The molecule has 118 valence electrons. The first kappa shape index (κ1) is 16.1. The minimum atomic E-state index is -3.51. The molecule has 1 saturated heterocycles. The molecule has 6 heteroatoms. The van der Waals surface area contributed by atoms with Crippen molar-refractivity contribution in [2.24, 2.45) is 0 Å². The first-order valence-electron chi connectivity index (χ1n) is 7.13. The number of ether oxygens (including phenoxy) is 1. The third-order valence-corrected chi connectivity index (χ3v) is 5.58. The lowest BCUT2D eigenvalue weighted by Crippen LogP contribution is -2.33. The van der Waals surface area contributed by atoms with Crippen LogP contribution in [0.5, 0.6) is 5.75 Å². The standard InChI is InChI=1S/C15H23NO4S/c1-15(2,3)11-4-5-14(17)13(10-11)16-21(18,19)12-6-8-20-9-7-12/h4-5,10,12,16-17H,6-9H2,1-3H3. The molecule has 0 spiro atoms. The first-order valence-corrected chi connectivity index (χ1v) is 8.67. The second kappa shape index (κ2) is 5.85. The van der Waals surface area contributed by atoms with E-state index in [1.165, 1.54) is 6.07 Å². The summed E-state index contributed by atoms with van der Waals surface area (Å²) in [5.74, 6) is -0.0568. The number of rotatable bonds is 3. The molecular formula is C15H23NO4S. The number of anilines is 1. The van der Waals surface area contributed by atoms with Crippen molar-refractivity contribution in [2.45, 2.75) is 44.3 Å². The number of aromatic hydroxyl groups is 1. The normalized spacial score (nSPS) is 17.7. The Morgan fingerprint density at radius 3 is 2.43 bits per heavy atom. The molecule has 21 heavy (non-hydrogen) atoms. The molecule has 0 amide bonds. The average molecular weight is 313 g/mol. The molecule has 0 radical (unpaired) electrons. The van der Waals surface area contributed by atoms with Crippen LogP contribution in [-0.4, -0.2) is 32.0 Å². The molecule has 1 aromatic rings. The van der Waals surface area contributed by atoms with Crippen LogP contribution in [0, 0.1) is 0 Å². The van der Waals surface area contributed by atoms with Crippen LogP contribution in [0.4, 0.5) is 5.69 Å². The number of phenolic OH excluding ortho intramolecular Hbond substituents is 1. The van der Waals surface area contributed by atoms with E-state index in [2.05, 4.69) is 4.72 Å². The van der Waals surface area contributed by atoms with E-state index in [0.717, 1.165) is 5.56 Å². The number of hydrogen-bond donors (Lipinski definition) is 2. The van der Waals surface area contributed by atoms with Gasteiger partial charge in [0, 0.05) is 13.2 Å². The van der Waals surface area contributed by atoms with Gasteiger partial charge in [0.15, 0.2) is 0 Å². The number of phenols is 1. The molecule has 1 aliphatic rings. The summed E-state index contributed by atoms with van der Waals surface area (Å²) in [4.78, 5) is 0. The maximum atomic E-state index is 12.4. The Bertz CT molecular complexity index is 599. The summed E-state index contributed by atoms with van der Waals surface area (Å²) in [6, 6.07) is 5.04. The summed E-state index contributed by atoms with van der Waals surface area (Å²) in [7, 11) is -3.51. The molecule has 0 atom stereocenters. The van der Waals surface area contributed by atoms with Crippen molar-refractivity contribution in [3.63, 3.8) is 0 Å². The zero-order valence-electron chi connectivity index (χ0n) is 12.7. The third-order valence-electron chi connectivity index (χ3n) is 3.72. The molecule has 0 saturated carbocycles. The van der Waals surface area contributed by atoms with E-state index in [4.69, 9.17) is 4.74 Å². The smallest absolute Gasteiger partial charge is 0.235 e. The van der Waals surface area contributed by atoms with Crippen molar-refractivity contribution in [2.75, 3.05) is 17.9 Å². The van der Waals surface area contributed by atoms with Gasteiger partial charge in [0.25, 0.3) is 0 Å². The van der Waals surface area contributed by atoms with Gasteiger partial charge in [-0.1, -0.05) is 26.8 Å². The monoisotopic (exact) mass is 313 g/mol. The molecule has 0 bridgehead atoms. The van der Waals surface area contributed by atoms with Crippen molar-refractivity contribution in [3.8, 4) is 5.75 Å². The Kier molecular flexibility index (Phi) is 4.49. The van der Waals surface area contributed by atoms with Gasteiger partial charge < -0.3 is 9.84 Å². The number of sulfonamides is 1. The maximum Gasteiger partial charge on any atom is 0.235 e. The maximum absolute atomic E-state index is 12.4. The second-order valence-electron chi connectivity index (χ2n) is 6.44. The molecule has 1 fully saturated rings. The molecule has 0 unspecified atom stereocenters. The van der Waals surface area contributed by atoms with E-state index in [9.17, 15) is 13.5 Å². The third kappa shape index (κ3) is 3.89. The van der Waals surface area contributed by atoms with E-state index in [0.29, 0.717) is 26.1 Å². The van der Waals surface area contributed by atoms with Crippen LogP contribution in [0.15, 0.2) is 18.2 Å². The second-order valence-corrected chi connectivity index (χ2v) is 8.40. The zero-order valence-corrected chi connectivity index (χ0v) is 13.5. The highest BCUT2D eigenvalue weighted by Gasteiger charge is 2.28. The minimum absolute atomic E-state index is 0.0568. The number of nitrogens with one attached hydrogen (secondary N) is 1. The largest absolute Gasteiger partial charge is 0.506 e. The highest BCUT2D eigenvalue weighted by molar-refractivity contribution is 7.93. The van der Waals surface area contributed by atoms with E-state index in [1.807, 2.05) is 26.8 Å². The van der Waals surface area contributed by atoms with Crippen LogP contribution in [-0.2, 0) is 20.2 Å². The SMILES string of the molecule is CC(C)(C)c1ccc(O)c(NS(=O)(=O)C2CCOCC2)c1. The van der Waals surface area contributed by atoms with Crippen LogP contribution in [0.2, 0.25) is 0 Å². The van der Waals surface area contributed by atoms with Gasteiger partial charge in [-0.25, -0.2) is 8.42 Å². The summed E-state index contributed by atoms with van der Waals surface area (Å²) in [6.07, 6.45) is 0.962. The van der Waals surface area contributed by atoms with Crippen LogP contribution in [0.1, 0.15) is 39.2 Å². The zero-order chi connectivity index (χ0) is 15.7. The quantitative estimate of drug-likeness (QED) is 0.841. The molecule has 2 rings (SSSR count).